The van der Waals surface area contributed by atoms with Crippen molar-refractivity contribution in [3.63, 3.8) is 0 Å². The number of piperidine rings is 1. The molecule has 3 aliphatic heterocycles. The summed E-state index contributed by atoms with van der Waals surface area (Å²) >= 11 is 3.48. The van der Waals surface area contributed by atoms with E-state index < -0.39 is 5.54 Å². The molecule has 8 nitrogen and oxygen atoms in total. The molecule has 0 aliphatic carbocycles. The Morgan fingerprint density at radius 3 is 2.23 bits per heavy atom. The monoisotopic (exact) mass is 540 g/mol. The fourth-order valence-electron chi connectivity index (χ4n) is 5.28. The number of carbonyl (C=O) groups excluding carboxylic acids is 3. The fraction of sp³-hybridized carbons (Fsp3) is 0.423. The van der Waals surface area contributed by atoms with Gasteiger partial charge in [0.05, 0.1) is 25.4 Å². The van der Waals surface area contributed by atoms with E-state index in [2.05, 4.69) is 20.8 Å². The van der Waals surface area contributed by atoms with Crippen molar-refractivity contribution >= 4 is 39.3 Å². The van der Waals surface area contributed by atoms with Crippen LogP contribution in [0.2, 0.25) is 0 Å². The second kappa shape index (κ2) is 9.99. The largest absolute Gasteiger partial charge is 0.378 e. The Morgan fingerprint density at radius 2 is 1.54 bits per heavy atom. The molecule has 35 heavy (non-hydrogen) atoms. The Morgan fingerprint density at radius 1 is 0.886 bits per heavy atom. The van der Waals surface area contributed by atoms with Crippen molar-refractivity contribution in [2.75, 3.05) is 57.5 Å². The lowest BCUT2D eigenvalue weighted by atomic mass is 9.85. The zero-order valence-electron chi connectivity index (χ0n) is 19.6. The summed E-state index contributed by atoms with van der Waals surface area (Å²) in [5.74, 6) is -0.118. The molecule has 2 aromatic rings. The summed E-state index contributed by atoms with van der Waals surface area (Å²) in [6.45, 7) is 3.53. The van der Waals surface area contributed by atoms with Gasteiger partial charge in [0.25, 0.3) is 11.8 Å². The number of anilines is 1. The average molecular weight is 541 g/mol. The third-order valence-electron chi connectivity index (χ3n) is 7.25. The van der Waals surface area contributed by atoms with Crippen molar-refractivity contribution in [1.82, 2.24) is 14.7 Å². The van der Waals surface area contributed by atoms with Gasteiger partial charge in [-0.25, -0.2) is 0 Å². The van der Waals surface area contributed by atoms with Crippen molar-refractivity contribution in [3.05, 3.63) is 64.6 Å². The van der Waals surface area contributed by atoms with Crippen LogP contribution in [-0.2, 0) is 14.3 Å². The Balaban J connectivity index is 1.35. The highest BCUT2D eigenvalue weighted by Gasteiger charge is 2.54. The van der Waals surface area contributed by atoms with Crippen LogP contribution in [0.5, 0.6) is 0 Å². The lowest BCUT2D eigenvalue weighted by Gasteiger charge is -2.43. The number of morpholine rings is 1. The fourth-order valence-corrected chi connectivity index (χ4v) is 5.74. The number of benzene rings is 2. The Kier molecular flexibility index (Phi) is 6.80. The minimum Gasteiger partial charge on any atom is -0.378 e. The molecule has 3 amide bonds. The third-order valence-corrected chi connectivity index (χ3v) is 7.95. The molecular weight excluding hydrogens is 512 g/mol. The molecule has 0 unspecified atom stereocenters. The van der Waals surface area contributed by atoms with E-state index in [0.29, 0.717) is 64.5 Å². The van der Waals surface area contributed by atoms with Crippen molar-refractivity contribution in [2.24, 2.45) is 0 Å². The number of carbonyl (C=O) groups is 3. The molecule has 9 heteroatoms. The molecule has 184 valence electrons. The second-order valence-electron chi connectivity index (χ2n) is 9.20. The van der Waals surface area contributed by atoms with Gasteiger partial charge >= 0.3 is 0 Å². The number of halogens is 1. The molecule has 3 saturated heterocycles. The van der Waals surface area contributed by atoms with E-state index in [1.54, 1.807) is 9.80 Å². The number of nitrogens with zero attached hydrogens (tertiary/aromatic N) is 4. The van der Waals surface area contributed by atoms with Crippen LogP contribution in [-0.4, -0.2) is 90.6 Å². The van der Waals surface area contributed by atoms with E-state index >= 15 is 0 Å². The molecular formula is C26H29BrN4O4. The van der Waals surface area contributed by atoms with Crippen molar-refractivity contribution in [1.29, 1.82) is 0 Å². The van der Waals surface area contributed by atoms with E-state index in [9.17, 15) is 14.4 Å². The maximum absolute atomic E-state index is 13.9. The highest BCUT2D eigenvalue weighted by molar-refractivity contribution is 9.10. The quantitative estimate of drug-likeness (QED) is 0.595. The third kappa shape index (κ3) is 4.54. The molecule has 2 aromatic carbocycles. The molecule has 0 aromatic heterocycles. The SMILES string of the molecule is O=C(CN1CN(c2ccccc2)C2(CCN(C(=O)c3ccccc3Br)CC2)C1=O)N1CCOCC1. The van der Waals surface area contributed by atoms with Gasteiger partial charge in [-0.15, -0.1) is 0 Å². The van der Waals surface area contributed by atoms with E-state index in [1.807, 2.05) is 59.5 Å². The van der Waals surface area contributed by atoms with Crippen LogP contribution in [0.1, 0.15) is 23.2 Å². The molecule has 3 heterocycles. The number of likely N-dealkylation sites (tertiary alicyclic amines) is 1. The van der Waals surface area contributed by atoms with Gasteiger partial charge in [0.2, 0.25) is 5.91 Å². The first-order chi connectivity index (χ1) is 17.0. The lowest BCUT2D eigenvalue weighted by molar-refractivity contribution is -0.143. The minimum atomic E-state index is -0.767. The summed E-state index contributed by atoms with van der Waals surface area (Å²) in [7, 11) is 0. The van der Waals surface area contributed by atoms with E-state index in [4.69, 9.17) is 4.74 Å². The standard InChI is InChI=1S/C26H29BrN4O4/c27-22-9-5-4-8-21(22)24(33)29-12-10-26(11-13-29)25(34)30(18-23(32)28-14-16-35-17-15-28)19-31(26)20-6-2-1-3-7-20/h1-9H,10-19H2. The lowest BCUT2D eigenvalue weighted by Crippen LogP contribution is -2.57. The maximum atomic E-state index is 13.9. The van der Waals surface area contributed by atoms with Gasteiger partial charge in [-0.3, -0.25) is 14.4 Å². The topological polar surface area (TPSA) is 73.4 Å². The summed E-state index contributed by atoms with van der Waals surface area (Å²) in [5, 5.41) is 0. The summed E-state index contributed by atoms with van der Waals surface area (Å²) in [4.78, 5) is 47.4. The molecule has 3 aliphatic rings. The zero-order valence-corrected chi connectivity index (χ0v) is 21.2. The van der Waals surface area contributed by atoms with E-state index in [1.165, 1.54) is 0 Å². The van der Waals surface area contributed by atoms with Crippen LogP contribution in [0, 0.1) is 0 Å². The number of hydrogen-bond donors (Lipinski definition) is 0. The first-order valence-corrected chi connectivity index (χ1v) is 12.8. The minimum absolute atomic E-state index is 0.0315. The molecule has 0 N–H and O–H groups in total. The maximum Gasteiger partial charge on any atom is 0.255 e. The van der Waals surface area contributed by atoms with Gasteiger partial charge < -0.3 is 24.3 Å². The highest BCUT2D eigenvalue weighted by Crippen LogP contribution is 2.40. The van der Waals surface area contributed by atoms with Crippen LogP contribution in [0.25, 0.3) is 0 Å². The van der Waals surface area contributed by atoms with Crippen molar-refractivity contribution in [2.45, 2.75) is 18.4 Å². The summed E-state index contributed by atoms with van der Waals surface area (Å²) < 4.78 is 6.12. The number of ether oxygens (including phenoxy) is 1. The smallest absolute Gasteiger partial charge is 0.255 e. The Labute approximate surface area is 213 Å². The molecule has 3 fully saturated rings. The van der Waals surface area contributed by atoms with Gasteiger partial charge in [-0.05, 0) is 53.0 Å². The number of para-hydroxylation sites is 1. The molecule has 5 rings (SSSR count). The molecule has 0 saturated carbocycles. The number of hydrogen-bond acceptors (Lipinski definition) is 5. The van der Waals surface area contributed by atoms with E-state index in [-0.39, 0.29) is 24.3 Å². The van der Waals surface area contributed by atoms with Crippen molar-refractivity contribution < 1.29 is 19.1 Å². The summed E-state index contributed by atoms with van der Waals surface area (Å²) in [6.07, 6.45) is 1.03. The van der Waals surface area contributed by atoms with Crippen LogP contribution >= 0.6 is 15.9 Å². The van der Waals surface area contributed by atoms with Crippen LogP contribution < -0.4 is 4.90 Å². The molecule has 1 spiro atoms. The van der Waals surface area contributed by atoms with Crippen LogP contribution in [0.15, 0.2) is 59.1 Å². The van der Waals surface area contributed by atoms with Gasteiger partial charge in [0.1, 0.15) is 12.1 Å². The Bertz CT molecular complexity index is 1100. The normalized spacial score (nSPS) is 20.0. The second-order valence-corrected chi connectivity index (χ2v) is 10.1. The van der Waals surface area contributed by atoms with E-state index in [0.717, 1.165) is 10.2 Å². The molecule has 0 radical (unpaired) electrons. The number of rotatable bonds is 4. The predicted octanol–water partition coefficient (Wildman–Crippen LogP) is 2.59. The summed E-state index contributed by atoms with van der Waals surface area (Å²) in [6, 6.07) is 17.3. The van der Waals surface area contributed by atoms with Crippen molar-refractivity contribution in [3.8, 4) is 0 Å². The van der Waals surface area contributed by atoms with Crippen LogP contribution in [0.4, 0.5) is 5.69 Å². The van der Waals surface area contributed by atoms with Gasteiger partial charge in [0.15, 0.2) is 0 Å². The zero-order chi connectivity index (χ0) is 24.4. The summed E-state index contributed by atoms with van der Waals surface area (Å²) in [5.41, 5.74) is 0.809. The first kappa shape index (κ1) is 23.8. The first-order valence-electron chi connectivity index (χ1n) is 12.0. The highest BCUT2D eigenvalue weighted by atomic mass is 79.9. The molecule has 0 atom stereocenters. The van der Waals surface area contributed by atoms with Gasteiger partial charge in [-0.2, -0.15) is 0 Å². The van der Waals surface area contributed by atoms with Gasteiger partial charge in [0, 0.05) is 36.3 Å². The predicted molar refractivity (Wildman–Crippen MR) is 135 cm³/mol. The average Bonchev–Trinajstić information content (AvgIpc) is 3.16. The molecule has 0 bridgehead atoms. The van der Waals surface area contributed by atoms with Crippen LogP contribution in [0.3, 0.4) is 0 Å². The number of amides is 3. The van der Waals surface area contributed by atoms with Gasteiger partial charge in [-0.1, -0.05) is 30.3 Å². The Hall–Kier alpha value is -2.91.